The Balaban J connectivity index is 2.05. The minimum atomic E-state index is -0.882. The van der Waals surface area contributed by atoms with Gasteiger partial charge >= 0.3 is 6.09 Å². The second kappa shape index (κ2) is 8.79. The molecular weight excluding hydrogens is 306 g/mol. The highest BCUT2D eigenvalue weighted by atomic mass is 19.2. The Morgan fingerprint density at radius 3 is 3.00 bits per heavy atom. The monoisotopic (exact) mass is 328 g/mol. The molecule has 2 atom stereocenters. The van der Waals surface area contributed by atoms with E-state index in [4.69, 9.17) is 4.74 Å². The summed E-state index contributed by atoms with van der Waals surface area (Å²) in [5.74, 6) is -1.70. The van der Waals surface area contributed by atoms with Crippen molar-refractivity contribution in [1.82, 2.24) is 10.6 Å². The Hall–Kier alpha value is -1.73. The number of ether oxygens (including phenoxy) is 2. The van der Waals surface area contributed by atoms with Gasteiger partial charge in [0, 0.05) is 24.6 Å². The van der Waals surface area contributed by atoms with E-state index in [9.17, 15) is 13.6 Å². The van der Waals surface area contributed by atoms with E-state index in [0.717, 1.165) is 25.5 Å². The molecule has 1 saturated heterocycles. The van der Waals surface area contributed by atoms with Crippen molar-refractivity contribution in [2.75, 3.05) is 33.4 Å². The van der Waals surface area contributed by atoms with Crippen LogP contribution in [-0.4, -0.2) is 39.4 Å². The average Bonchev–Trinajstić information content (AvgIpc) is 2.58. The fourth-order valence-corrected chi connectivity index (χ4v) is 2.77. The molecule has 2 N–H and O–H groups in total. The fraction of sp³-hybridized carbons (Fsp3) is 0.562. The van der Waals surface area contributed by atoms with Crippen molar-refractivity contribution >= 4 is 6.09 Å². The van der Waals surface area contributed by atoms with Crippen LogP contribution in [0.5, 0.6) is 0 Å². The number of carbonyl (C=O) groups is 1. The molecule has 0 radical (unpaired) electrons. The number of hydrogen-bond acceptors (Lipinski definition) is 4. The first kappa shape index (κ1) is 17.6. The third-order valence-electron chi connectivity index (χ3n) is 3.91. The molecule has 0 aromatic heterocycles. The SMILES string of the molecule is COC(=O)NCCO[C@@H](c1cccc(F)c1F)C1CCCNC1. The van der Waals surface area contributed by atoms with Gasteiger partial charge in [-0.2, -0.15) is 0 Å². The molecule has 23 heavy (non-hydrogen) atoms. The smallest absolute Gasteiger partial charge is 0.406 e. The van der Waals surface area contributed by atoms with Gasteiger partial charge < -0.3 is 20.1 Å². The van der Waals surface area contributed by atoms with Crippen molar-refractivity contribution in [2.24, 2.45) is 5.92 Å². The van der Waals surface area contributed by atoms with Gasteiger partial charge in [0.1, 0.15) is 0 Å². The van der Waals surface area contributed by atoms with Crippen LogP contribution in [0.3, 0.4) is 0 Å². The lowest BCUT2D eigenvalue weighted by atomic mass is 9.89. The van der Waals surface area contributed by atoms with E-state index in [2.05, 4.69) is 15.4 Å². The van der Waals surface area contributed by atoms with Crippen molar-refractivity contribution in [3.05, 3.63) is 35.4 Å². The Morgan fingerprint density at radius 2 is 2.30 bits per heavy atom. The molecule has 0 spiro atoms. The number of rotatable bonds is 6. The number of piperidine rings is 1. The summed E-state index contributed by atoms with van der Waals surface area (Å²) >= 11 is 0. The predicted molar refractivity (Wildman–Crippen MR) is 81.1 cm³/mol. The molecule has 2 rings (SSSR count). The molecular formula is C16H22F2N2O3. The Kier molecular flexibility index (Phi) is 6.73. The maximum Gasteiger partial charge on any atom is 0.406 e. The zero-order valence-electron chi connectivity index (χ0n) is 13.1. The van der Waals surface area contributed by atoms with Crippen molar-refractivity contribution in [3.8, 4) is 0 Å². The number of methoxy groups -OCH3 is 1. The molecule has 0 aliphatic carbocycles. The van der Waals surface area contributed by atoms with Crippen LogP contribution in [0.4, 0.5) is 13.6 Å². The first-order valence-corrected chi connectivity index (χ1v) is 7.71. The fourth-order valence-electron chi connectivity index (χ4n) is 2.77. The molecule has 1 amide bonds. The summed E-state index contributed by atoms with van der Waals surface area (Å²) in [6, 6.07) is 4.12. The van der Waals surface area contributed by atoms with Crippen LogP contribution in [0.15, 0.2) is 18.2 Å². The highest BCUT2D eigenvalue weighted by Gasteiger charge is 2.28. The normalized spacial score (nSPS) is 19.2. The van der Waals surface area contributed by atoms with Crippen LogP contribution in [-0.2, 0) is 9.47 Å². The van der Waals surface area contributed by atoms with Gasteiger partial charge in [-0.3, -0.25) is 0 Å². The molecule has 1 unspecified atom stereocenters. The van der Waals surface area contributed by atoms with E-state index in [1.165, 1.54) is 13.2 Å². The van der Waals surface area contributed by atoms with Gasteiger partial charge in [-0.15, -0.1) is 0 Å². The third kappa shape index (κ3) is 4.87. The van der Waals surface area contributed by atoms with Gasteiger partial charge in [-0.1, -0.05) is 12.1 Å². The van der Waals surface area contributed by atoms with Crippen molar-refractivity contribution < 1.29 is 23.0 Å². The van der Waals surface area contributed by atoms with E-state index < -0.39 is 23.8 Å². The molecule has 7 heteroatoms. The molecule has 5 nitrogen and oxygen atoms in total. The summed E-state index contributed by atoms with van der Waals surface area (Å²) < 4.78 is 37.9. The van der Waals surface area contributed by atoms with E-state index in [1.54, 1.807) is 6.07 Å². The minimum absolute atomic E-state index is 0.0539. The summed E-state index contributed by atoms with van der Waals surface area (Å²) in [5, 5.41) is 5.75. The van der Waals surface area contributed by atoms with Crippen LogP contribution in [0.2, 0.25) is 0 Å². The van der Waals surface area contributed by atoms with E-state index in [-0.39, 0.29) is 24.6 Å². The second-order valence-corrected chi connectivity index (χ2v) is 5.46. The predicted octanol–water partition coefficient (Wildman–Crippen LogP) is 2.38. The van der Waals surface area contributed by atoms with Gasteiger partial charge in [0.05, 0.1) is 19.8 Å². The number of carbonyl (C=O) groups excluding carboxylic acids is 1. The van der Waals surface area contributed by atoms with Crippen LogP contribution >= 0.6 is 0 Å². The largest absolute Gasteiger partial charge is 0.453 e. The average molecular weight is 328 g/mol. The molecule has 1 aliphatic heterocycles. The molecule has 1 aliphatic rings. The maximum atomic E-state index is 14.1. The summed E-state index contributed by atoms with van der Waals surface area (Å²) in [4.78, 5) is 11.0. The molecule has 1 aromatic carbocycles. The molecule has 0 saturated carbocycles. The Labute approximate surface area is 134 Å². The number of halogens is 2. The standard InChI is InChI=1S/C16H22F2N2O3/c1-22-16(21)20-8-9-23-15(11-4-3-7-19-10-11)12-5-2-6-13(17)14(12)18/h2,5-6,11,15,19H,3-4,7-10H2,1H3,(H,20,21)/t11?,15-/m1/s1. The zero-order chi connectivity index (χ0) is 16.7. The maximum absolute atomic E-state index is 14.1. The first-order chi connectivity index (χ1) is 11.1. The quantitative estimate of drug-likeness (QED) is 0.787. The number of amides is 1. The number of hydrogen-bond donors (Lipinski definition) is 2. The Morgan fingerprint density at radius 1 is 1.48 bits per heavy atom. The van der Waals surface area contributed by atoms with Gasteiger partial charge in [0.2, 0.25) is 0 Å². The van der Waals surface area contributed by atoms with E-state index in [1.807, 2.05) is 0 Å². The summed E-state index contributed by atoms with van der Waals surface area (Å²) in [6.45, 7) is 2.02. The third-order valence-corrected chi connectivity index (χ3v) is 3.91. The first-order valence-electron chi connectivity index (χ1n) is 7.71. The topological polar surface area (TPSA) is 59.6 Å². The number of nitrogens with one attached hydrogen (secondary N) is 2. The van der Waals surface area contributed by atoms with Crippen LogP contribution < -0.4 is 10.6 Å². The molecule has 128 valence electrons. The second-order valence-electron chi connectivity index (χ2n) is 5.46. The highest BCUT2D eigenvalue weighted by Crippen LogP contribution is 2.32. The molecule has 1 fully saturated rings. The summed E-state index contributed by atoms with van der Waals surface area (Å²) in [6.07, 6.45) is 0.722. The van der Waals surface area contributed by atoms with Crippen molar-refractivity contribution in [1.29, 1.82) is 0 Å². The van der Waals surface area contributed by atoms with Crippen molar-refractivity contribution in [2.45, 2.75) is 18.9 Å². The highest BCUT2D eigenvalue weighted by molar-refractivity contribution is 5.66. The molecule has 1 heterocycles. The summed E-state index contributed by atoms with van der Waals surface area (Å²) in [5.41, 5.74) is 0.219. The van der Waals surface area contributed by atoms with Gasteiger partial charge in [-0.05, 0) is 25.5 Å². The van der Waals surface area contributed by atoms with Crippen LogP contribution in [0.1, 0.15) is 24.5 Å². The van der Waals surface area contributed by atoms with E-state index in [0.29, 0.717) is 6.54 Å². The summed E-state index contributed by atoms with van der Waals surface area (Å²) in [7, 11) is 1.27. The lowest BCUT2D eigenvalue weighted by molar-refractivity contribution is 0.00221. The molecule has 0 bridgehead atoms. The lowest BCUT2D eigenvalue weighted by Gasteiger charge is -2.31. The van der Waals surface area contributed by atoms with E-state index >= 15 is 0 Å². The van der Waals surface area contributed by atoms with Gasteiger partial charge in [-0.25, -0.2) is 13.6 Å². The van der Waals surface area contributed by atoms with Crippen LogP contribution in [0.25, 0.3) is 0 Å². The van der Waals surface area contributed by atoms with Gasteiger partial charge in [0.25, 0.3) is 0 Å². The van der Waals surface area contributed by atoms with Gasteiger partial charge in [0.15, 0.2) is 11.6 Å². The number of benzene rings is 1. The number of alkyl carbamates (subject to hydrolysis) is 1. The van der Waals surface area contributed by atoms with Crippen molar-refractivity contribution in [3.63, 3.8) is 0 Å². The molecule has 1 aromatic rings. The minimum Gasteiger partial charge on any atom is -0.453 e. The zero-order valence-corrected chi connectivity index (χ0v) is 13.1. The lowest BCUT2D eigenvalue weighted by Crippen LogP contribution is -2.35. The Bertz CT molecular complexity index is 522. The van der Waals surface area contributed by atoms with Crippen LogP contribution in [0, 0.1) is 17.6 Å².